The van der Waals surface area contributed by atoms with Gasteiger partial charge in [0, 0.05) is 10.9 Å². The van der Waals surface area contributed by atoms with Gasteiger partial charge in [0.2, 0.25) is 0 Å². The molecule has 0 aliphatic heterocycles. The number of amides is 1. The Morgan fingerprint density at radius 3 is 2.35 bits per heavy atom. The number of fused-ring (bicyclic) bond motifs is 1. The molecular weight excluding hydrogens is 338 g/mol. The molecule has 3 heteroatoms. The quantitative estimate of drug-likeness (QED) is 0.735. The van der Waals surface area contributed by atoms with Gasteiger partial charge in [-0.25, -0.2) is 0 Å². The van der Waals surface area contributed by atoms with Crippen molar-refractivity contribution in [1.29, 1.82) is 0 Å². The molecule has 1 atom stereocenters. The fourth-order valence-electron chi connectivity index (χ4n) is 6.76. The monoisotopic (exact) mass is 371 g/mol. The predicted molar refractivity (Wildman–Crippen MR) is 108 cm³/mol. The van der Waals surface area contributed by atoms with Gasteiger partial charge in [0.25, 0.3) is 5.91 Å². The largest absolute Gasteiger partial charge is 0.348 e. The molecule has 5 aliphatic rings. The number of thiophene rings is 1. The van der Waals surface area contributed by atoms with Crippen LogP contribution in [0.4, 0.5) is 0 Å². The summed E-state index contributed by atoms with van der Waals surface area (Å²) < 4.78 is 0. The van der Waals surface area contributed by atoms with Crippen molar-refractivity contribution < 1.29 is 4.79 Å². The van der Waals surface area contributed by atoms with E-state index in [2.05, 4.69) is 32.2 Å². The highest BCUT2D eigenvalue weighted by Crippen LogP contribution is 2.53. The summed E-state index contributed by atoms with van der Waals surface area (Å²) in [6.07, 6.45) is 10.5. The summed E-state index contributed by atoms with van der Waals surface area (Å²) in [7, 11) is 0. The SMILES string of the molecule is CC(C)(C)[C@@H]1CCc2sc(C(=O)NC3C4CC5CC(C4)CC3C5)cc2C1. The van der Waals surface area contributed by atoms with Crippen LogP contribution in [0.2, 0.25) is 0 Å². The predicted octanol–water partition coefficient (Wildman–Crippen LogP) is 5.45. The zero-order valence-corrected chi connectivity index (χ0v) is 17.3. The number of carbonyl (C=O) groups excluding carboxylic acids is 1. The van der Waals surface area contributed by atoms with Gasteiger partial charge in [-0.15, -0.1) is 11.3 Å². The minimum Gasteiger partial charge on any atom is -0.348 e. The fourth-order valence-corrected chi connectivity index (χ4v) is 7.87. The molecule has 1 amide bonds. The summed E-state index contributed by atoms with van der Waals surface area (Å²) in [5, 5.41) is 3.50. The van der Waals surface area contributed by atoms with Crippen molar-refractivity contribution in [2.24, 2.45) is 35.0 Å². The summed E-state index contributed by atoms with van der Waals surface area (Å²) in [5.74, 6) is 4.41. The number of hydrogen-bond donors (Lipinski definition) is 1. The van der Waals surface area contributed by atoms with E-state index in [0.29, 0.717) is 11.5 Å². The lowest BCUT2D eigenvalue weighted by Crippen LogP contribution is -2.55. The van der Waals surface area contributed by atoms with E-state index in [4.69, 9.17) is 0 Å². The van der Waals surface area contributed by atoms with Gasteiger partial charge < -0.3 is 5.32 Å². The molecule has 0 spiro atoms. The Hall–Kier alpha value is -0.830. The second-order valence-corrected chi connectivity index (χ2v) is 11.9. The van der Waals surface area contributed by atoms with Crippen LogP contribution in [0.5, 0.6) is 0 Å². The highest BCUT2D eigenvalue weighted by molar-refractivity contribution is 7.14. The second-order valence-electron chi connectivity index (χ2n) is 10.8. The van der Waals surface area contributed by atoms with Crippen molar-refractivity contribution in [2.75, 3.05) is 0 Å². The summed E-state index contributed by atoms with van der Waals surface area (Å²) >= 11 is 1.77. The molecule has 1 aromatic heterocycles. The van der Waals surface area contributed by atoms with Crippen LogP contribution in [-0.4, -0.2) is 11.9 Å². The van der Waals surface area contributed by atoms with E-state index >= 15 is 0 Å². The van der Waals surface area contributed by atoms with Crippen LogP contribution < -0.4 is 5.32 Å². The molecular formula is C23H33NOS. The fraction of sp³-hybridized carbons (Fsp3) is 0.783. The number of rotatable bonds is 2. The molecule has 5 aliphatic carbocycles. The zero-order chi connectivity index (χ0) is 18.1. The van der Waals surface area contributed by atoms with Gasteiger partial charge in [-0.05, 0) is 98.0 Å². The van der Waals surface area contributed by atoms with Crippen LogP contribution in [0, 0.1) is 35.0 Å². The van der Waals surface area contributed by atoms with E-state index in [0.717, 1.165) is 47.3 Å². The molecule has 26 heavy (non-hydrogen) atoms. The molecule has 4 saturated carbocycles. The average molecular weight is 372 g/mol. The summed E-state index contributed by atoms with van der Waals surface area (Å²) in [6, 6.07) is 2.68. The standard InChI is InChI=1S/C23H33NOS/c1-23(2,3)18-4-5-19-15(11-18)12-20(26-19)22(25)24-21-16-7-13-6-14(9-16)10-17(21)8-13/h12-14,16-18,21H,4-11H2,1-3H3,(H,24,25)/t13?,14?,16?,17?,18-,21?/m1/s1. The number of hydrogen-bond acceptors (Lipinski definition) is 2. The maximum Gasteiger partial charge on any atom is 0.261 e. The van der Waals surface area contributed by atoms with E-state index in [-0.39, 0.29) is 5.91 Å². The Kier molecular flexibility index (Phi) is 4.05. The highest BCUT2D eigenvalue weighted by Gasteiger charge is 2.48. The molecule has 2 nitrogen and oxygen atoms in total. The van der Waals surface area contributed by atoms with Crippen LogP contribution in [0.25, 0.3) is 0 Å². The normalized spacial score (nSPS) is 38.3. The minimum absolute atomic E-state index is 0.217. The van der Waals surface area contributed by atoms with Crippen molar-refractivity contribution in [1.82, 2.24) is 5.32 Å². The van der Waals surface area contributed by atoms with E-state index in [1.54, 1.807) is 11.3 Å². The Balaban J connectivity index is 1.29. The van der Waals surface area contributed by atoms with Crippen LogP contribution in [0.15, 0.2) is 6.07 Å². The first-order chi connectivity index (χ1) is 12.4. The molecule has 1 heterocycles. The van der Waals surface area contributed by atoms with Crippen molar-refractivity contribution >= 4 is 17.2 Å². The topological polar surface area (TPSA) is 29.1 Å². The Morgan fingerprint density at radius 2 is 1.73 bits per heavy atom. The maximum absolute atomic E-state index is 13.0. The van der Waals surface area contributed by atoms with E-state index in [9.17, 15) is 4.79 Å². The van der Waals surface area contributed by atoms with E-state index in [1.165, 1.54) is 49.0 Å². The smallest absolute Gasteiger partial charge is 0.261 e. The third-order valence-corrected chi connectivity index (χ3v) is 9.29. The molecule has 0 unspecified atom stereocenters. The number of carbonyl (C=O) groups is 1. The lowest BCUT2D eigenvalue weighted by atomic mass is 9.54. The van der Waals surface area contributed by atoms with Crippen LogP contribution >= 0.6 is 11.3 Å². The third kappa shape index (κ3) is 2.95. The Bertz CT molecular complexity index is 684. The molecule has 6 rings (SSSR count). The van der Waals surface area contributed by atoms with Gasteiger partial charge in [-0.2, -0.15) is 0 Å². The van der Waals surface area contributed by atoms with Crippen molar-refractivity contribution in [3.8, 4) is 0 Å². The molecule has 1 N–H and O–H groups in total. The first kappa shape index (κ1) is 17.3. The zero-order valence-electron chi connectivity index (χ0n) is 16.5. The summed E-state index contributed by atoms with van der Waals surface area (Å²) in [6.45, 7) is 7.07. The molecule has 0 radical (unpaired) electrons. The number of aryl methyl sites for hydroxylation is 1. The van der Waals surface area contributed by atoms with Crippen LogP contribution in [0.3, 0.4) is 0 Å². The van der Waals surface area contributed by atoms with Gasteiger partial charge in [-0.1, -0.05) is 20.8 Å². The van der Waals surface area contributed by atoms with Gasteiger partial charge in [0.1, 0.15) is 0 Å². The lowest BCUT2D eigenvalue weighted by Gasteiger charge is -2.54. The van der Waals surface area contributed by atoms with Gasteiger partial charge in [0.05, 0.1) is 4.88 Å². The van der Waals surface area contributed by atoms with Crippen molar-refractivity contribution in [3.05, 3.63) is 21.4 Å². The summed E-state index contributed by atoms with van der Waals surface area (Å²) in [4.78, 5) is 15.5. The molecule has 4 fully saturated rings. The summed E-state index contributed by atoms with van der Waals surface area (Å²) in [5.41, 5.74) is 1.82. The molecule has 4 bridgehead atoms. The van der Waals surface area contributed by atoms with Crippen LogP contribution in [0.1, 0.15) is 79.4 Å². The average Bonchev–Trinajstić information content (AvgIpc) is 3.00. The molecule has 142 valence electrons. The van der Waals surface area contributed by atoms with Gasteiger partial charge in [0.15, 0.2) is 0 Å². The van der Waals surface area contributed by atoms with Gasteiger partial charge in [-0.3, -0.25) is 4.79 Å². The second kappa shape index (κ2) is 6.09. The molecule has 1 aromatic rings. The van der Waals surface area contributed by atoms with Crippen molar-refractivity contribution in [3.63, 3.8) is 0 Å². The first-order valence-corrected chi connectivity index (χ1v) is 11.6. The van der Waals surface area contributed by atoms with Gasteiger partial charge >= 0.3 is 0 Å². The molecule has 0 saturated heterocycles. The third-order valence-electron chi connectivity index (χ3n) is 8.06. The van der Waals surface area contributed by atoms with Crippen LogP contribution in [-0.2, 0) is 12.8 Å². The van der Waals surface area contributed by atoms with E-state index < -0.39 is 0 Å². The molecule has 0 aromatic carbocycles. The Labute approximate surface area is 162 Å². The first-order valence-electron chi connectivity index (χ1n) is 10.8. The van der Waals surface area contributed by atoms with E-state index in [1.807, 2.05) is 0 Å². The lowest BCUT2D eigenvalue weighted by molar-refractivity contribution is -0.0119. The highest BCUT2D eigenvalue weighted by atomic mass is 32.1. The van der Waals surface area contributed by atoms with Crippen molar-refractivity contribution in [2.45, 2.75) is 78.2 Å². The maximum atomic E-state index is 13.0. The Morgan fingerprint density at radius 1 is 1.08 bits per heavy atom. The minimum atomic E-state index is 0.217. The number of nitrogens with one attached hydrogen (secondary N) is 1.